The molecular formula is C14H14ClFN4. The van der Waals surface area contributed by atoms with Crippen molar-refractivity contribution in [2.75, 3.05) is 0 Å². The number of benzene rings is 1. The van der Waals surface area contributed by atoms with Gasteiger partial charge < -0.3 is 0 Å². The van der Waals surface area contributed by atoms with E-state index in [-0.39, 0.29) is 18.1 Å². The fraction of sp³-hybridized carbons (Fsp3) is 0.357. The molecule has 6 heteroatoms. The van der Waals surface area contributed by atoms with E-state index in [9.17, 15) is 4.39 Å². The second-order valence-electron chi connectivity index (χ2n) is 4.95. The third-order valence-electron chi connectivity index (χ3n) is 2.91. The van der Waals surface area contributed by atoms with Crippen LogP contribution >= 0.6 is 11.6 Å². The Labute approximate surface area is 121 Å². The van der Waals surface area contributed by atoms with Crippen molar-refractivity contribution in [3.8, 4) is 6.07 Å². The number of halogens is 2. The molecule has 0 radical (unpaired) electrons. The van der Waals surface area contributed by atoms with Gasteiger partial charge in [0.2, 0.25) is 0 Å². The van der Waals surface area contributed by atoms with E-state index in [1.54, 1.807) is 16.8 Å². The highest BCUT2D eigenvalue weighted by molar-refractivity contribution is 6.31. The average Bonchev–Trinajstić information content (AvgIpc) is 2.75. The van der Waals surface area contributed by atoms with Crippen molar-refractivity contribution in [2.45, 2.75) is 26.8 Å². The average molecular weight is 293 g/mol. The Balaban J connectivity index is 2.39. The number of hydrogen-bond donors (Lipinski definition) is 0. The van der Waals surface area contributed by atoms with Crippen LogP contribution in [0.3, 0.4) is 0 Å². The quantitative estimate of drug-likeness (QED) is 0.869. The topological polar surface area (TPSA) is 54.5 Å². The zero-order valence-electron chi connectivity index (χ0n) is 11.3. The van der Waals surface area contributed by atoms with Crippen molar-refractivity contribution in [2.24, 2.45) is 5.92 Å². The molecule has 0 fully saturated rings. The summed E-state index contributed by atoms with van der Waals surface area (Å²) in [5.74, 6) is -0.0440. The van der Waals surface area contributed by atoms with E-state index in [1.165, 1.54) is 6.07 Å². The maximum Gasteiger partial charge on any atom is 0.185 e. The molecule has 0 spiro atoms. The molecule has 0 bridgehead atoms. The molecule has 1 aromatic carbocycles. The van der Waals surface area contributed by atoms with Crippen molar-refractivity contribution in [3.05, 3.63) is 46.0 Å². The van der Waals surface area contributed by atoms with Gasteiger partial charge in [0.05, 0.1) is 12.2 Å². The Hall–Kier alpha value is -1.93. The first-order valence-corrected chi connectivity index (χ1v) is 6.66. The van der Waals surface area contributed by atoms with Gasteiger partial charge in [0.25, 0.3) is 0 Å². The van der Waals surface area contributed by atoms with Crippen LogP contribution in [0.25, 0.3) is 0 Å². The van der Waals surface area contributed by atoms with Crippen LogP contribution in [0, 0.1) is 23.1 Å². The number of rotatable bonds is 4. The highest BCUT2D eigenvalue weighted by Crippen LogP contribution is 2.21. The summed E-state index contributed by atoms with van der Waals surface area (Å²) in [5, 5.41) is 17.2. The molecule has 0 unspecified atom stereocenters. The summed E-state index contributed by atoms with van der Waals surface area (Å²) in [6.45, 7) is 4.24. The second-order valence-corrected chi connectivity index (χ2v) is 5.36. The largest absolute Gasteiger partial charge is 0.243 e. The Kier molecular flexibility index (Phi) is 4.35. The molecule has 2 aromatic rings. The summed E-state index contributed by atoms with van der Waals surface area (Å²) in [4.78, 5) is 0. The van der Waals surface area contributed by atoms with Gasteiger partial charge in [0.15, 0.2) is 5.69 Å². The number of nitriles is 1. The van der Waals surface area contributed by atoms with Gasteiger partial charge in [0, 0.05) is 10.6 Å². The van der Waals surface area contributed by atoms with Crippen LogP contribution in [0.15, 0.2) is 18.2 Å². The van der Waals surface area contributed by atoms with E-state index in [4.69, 9.17) is 16.9 Å². The molecule has 1 heterocycles. The molecule has 20 heavy (non-hydrogen) atoms. The van der Waals surface area contributed by atoms with Crippen molar-refractivity contribution >= 4 is 11.6 Å². The van der Waals surface area contributed by atoms with E-state index in [0.717, 1.165) is 0 Å². The minimum absolute atomic E-state index is 0.169. The van der Waals surface area contributed by atoms with Gasteiger partial charge in [-0.15, -0.1) is 5.10 Å². The lowest BCUT2D eigenvalue weighted by Gasteiger charge is -2.10. The number of aromatic nitrogens is 3. The van der Waals surface area contributed by atoms with Crippen LogP contribution in [0.2, 0.25) is 5.02 Å². The second kappa shape index (κ2) is 6.02. The fourth-order valence-corrected chi connectivity index (χ4v) is 2.19. The molecule has 0 saturated heterocycles. The SMILES string of the molecule is CC(C)Cc1c(C#N)nnn1Cc1c(F)cccc1Cl. The molecule has 1 aromatic heterocycles. The maximum atomic E-state index is 13.8. The summed E-state index contributed by atoms with van der Waals surface area (Å²) in [6, 6.07) is 6.55. The van der Waals surface area contributed by atoms with Crippen molar-refractivity contribution < 1.29 is 4.39 Å². The summed E-state index contributed by atoms with van der Waals surface area (Å²) >= 11 is 6.01. The molecule has 2 rings (SSSR count). The van der Waals surface area contributed by atoms with Gasteiger partial charge in [0.1, 0.15) is 11.9 Å². The first-order valence-electron chi connectivity index (χ1n) is 6.28. The maximum absolute atomic E-state index is 13.8. The highest BCUT2D eigenvalue weighted by atomic mass is 35.5. The van der Waals surface area contributed by atoms with Crippen LogP contribution in [0.1, 0.15) is 30.8 Å². The van der Waals surface area contributed by atoms with Gasteiger partial charge in [-0.1, -0.05) is 36.7 Å². The molecule has 104 valence electrons. The molecule has 0 amide bonds. The summed E-state index contributed by atoms with van der Waals surface area (Å²) < 4.78 is 15.4. The van der Waals surface area contributed by atoms with Gasteiger partial charge in [-0.3, -0.25) is 0 Å². The third-order valence-corrected chi connectivity index (χ3v) is 3.27. The molecule has 0 N–H and O–H groups in total. The number of nitrogens with zero attached hydrogens (tertiary/aromatic N) is 4. The van der Waals surface area contributed by atoms with Crippen LogP contribution in [0.4, 0.5) is 4.39 Å². The van der Waals surface area contributed by atoms with E-state index in [1.807, 2.05) is 19.9 Å². The fourth-order valence-electron chi connectivity index (χ4n) is 1.97. The van der Waals surface area contributed by atoms with E-state index in [0.29, 0.717) is 28.6 Å². The first kappa shape index (κ1) is 14.5. The smallest absolute Gasteiger partial charge is 0.185 e. The Morgan fingerprint density at radius 1 is 1.45 bits per heavy atom. The van der Waals surface area contributed by atoms with Gasteiger partial charge in [-0.05, 0) is 24.5 Å². The Morgan fingerprint density at radius 2 is 2.20 bits per heavy atom. The minimum atomic E-state index is -0.387. The van der Waals surface area contributed by atoms with E-state index in [2.05, 4.69) is 10.3 Å². The Bertz CT molecular complexity index is 637. The molecule has 0 aliphatic heterocycles. The Morgan fingerprint density at radius 3 is 2.80 bits per heavy atom. The van der Waals surface area contributed by atoms with Crippen LogP contribution in [-0.2, 0) is 13.0 Å². The first-order chi connectivity index (χ1) is 9.52. The highest BCUT2D eigenvalue weighted by Gasteiger charge is 2.16. The van der Waals surface area contributed by atoms with Gasteiger partial charge >= 0.3 is 0 Å². The van der Waals surface area contributed by atoms with Crippen molar-refractivity contribution in [1.82, 2.24) is 15.0 Å². The monoisotopic (exact) mass is 292 g/mol. The van der Waals surface area contributed by atoms with Crippen molar-refractivity contribution in [1.29, 1.82) is 5.26 Å². The number of hydrogen-bond acceptors (Lipinski definition) is 3. The third kappa shape index (κ3) is 2.97. The predicted octanol–water partition coefficient (Wildman–Crippen LogP) is 3.19. The predicted molar refractivity (Wildman–Crippen MR) is 73.8 cm³/mol. The van der Waals surface area contributed by atoms with E-state index < -0.39 is 0 Å². The lowest BCUT2D eigenvalue weighted by Crippen LogP contribution is -2.11. The summed E-state index contributed by atoms with van der Waals surface area (Å²) in [6.07, 6.45) is 0.655. The lowest BCUT2D eigenvalue weighted by atomic mass is 10.1. The van der Waals surface area contributed by atoms with Crippen LogP contribution in [0.5, 0.6) is 0 Å². The summed E-state index contributed by atoms with van der Waals surface area (Å²) in [7, 11) is 0. The van der Waals surface area contributed by atoms with Crippen LogP contribution < -0.4 is 0 Å². The molecular weight excluding hydrogens is 279 g/mol. The van der Waals surface area contributed by atoms with E-state index >= 15 is 0 Å². The van der Waals surface area contributed by atoms with Crippen LogP contribution in [-0.4, -0.2) is 15.0 Å². The standard InChI is InChI=1S/C14H14ClFN4/c1-9(2)6-14-13(7-17)18-19-20(14)8-10-11(15)4-3-5-12(10)16/h3-5,9H,6,8H2,1-2H3. The van der Waals surface area contributed by atoms with Gasteiger partial charge in [-0.2, -0.15) is 5.26 Å². The van der Waals surface area contributed by atoms with Gasteiger partial charge in [-0.25, -0.2) is 9.07 Å². The van der Waals surface area contributed by atoms with Crippen molar-refractivity contribution in [3.63, 3.8) is 0 Å². The molecule has 0 aliphatic carbocycles. The lowest BCUT2D eigenvalue weighted by molar-refractivity contribution is 0.543. The normalized spacial score (nSPS) is 10.8. The molecule has 0 aliphatic rings. The molecule has 0 saturated carbocycles. The summed E-state index contributed by atoms with van der Waals surface area (Å²) in [5.41, 5.74) is 1.35. The minimum Gasteiger partial charge on any atom is -0.243 e. The zero-order valence-corrected chi connectivity index (χ0v) is 12.0. The molecule has 0 atom stereocenters. The zero-order chi connectivity index (χ0) is 14.7. The molecule has 4 nitrogen and oxygen atoms in total.